The van der Waals surface area contributed by atoms with Crippen molar-refractivity contribution in [2.24, 2.45) is 11.1 Å². The van der Waals surface area contributed by atoms with Crippen LogP contribution in [0.5, 0.6) is 5.75 Å². The number of nitrogens with two attached hydrogens (primary N) is 1. The monoisotopic (exact) mass is 339 g/mol. The summed E-state index contributed by atoms with van der Waals surface area (Å²) in [5.74, 6) is -0.00879. The summed E-state index contributed by atoms with van der Waals surface area (Å²) in [7, 11) is 1.63. The first kappa shape index (κ1) is 16.8. The van der Waals surface area contributed by atoms with Gasteiger partial charge in [0.05, 0.1) is 7.11 Å². The van der Waals surface area contributed by atoms with Crippen LogP contribution in [0, 0.1) is 5.41 Å². The number of hydrogen-bond acceptors (Lipinski definition) is 4. The number of carbonyl (C=O) groups is 2. The molecule has 2 aromatic rings. The molecule has 0 radical (unpaired) electrons. The quantitative estimate of drug-likeness (QED) is 0.675. The van der Waals surface area contributed by atoms with Crippen molar-refractivity contribution in [1.82, 2.24) is 5.32 Å². The molecule has 0 heterocycles. The molecule has 0 aromatic heterocycles. The predicted molar refractivity (Wildman–Crippen MR) is 95.4 cm³/mol. The summed E-state index contributed by atoms with van der Waals surface area (Å²) >= 11 is 0. The van der Waals surface area contributed by atoms with E-state index in [9.17, 15) is 9.59 Å². The maximum Gasteiger partial charge on any atom is 0.235 e. The second-order valence-corrected chi connectivity index (χ2v) is 6.18. The third-order valence-electron chi connectivity index (χ3n) is 4.44. The highest BCUT2D eigenvalue weighted by molar-refractivity contribution is 6.07. The maximum absolute atomic E-state index is 12.1. The number of carbonyl (C=O) groups excluding carboxylic acids is 2. The number of benzene rings is 2. The molecular formula is C19H21N3O3. The molecule has 0 saturated heterocycles. The van der Waals surface area contributed by atoms with Crippen LogP contribution in [-0.2, 0) is 16.1 Å². The maximum atomic E-state index is 12.1. The van der Waals surface area contributed by atoms with Crippen molar-refractivity contribution in [3.05, 3.63) is 54.1 Å². The van der Waals surface area contributed by atoms with Gasteiger partial charge in [-0.15, -0.1) is 0 Å². The Balaban J connectivity index is 1.55. The Kier molecular flexibility index (Phi) is 4.61. The van der Waals surface area contributed by atoms with Gasteiger partial charge in [-0.25, -0.2) is 0 Å². The van der Waals surface area contributed by atoms with Gasteiger partial charge in [-0.05, 0) is 54.8 Å². The van der Waals surface area contributed by atoms with E-state index in [1.807, 2.05) is 48.5 Å². The Morgan fingerprint density at radius 3 is 2.08 bits per heavy atom. The fourth-order valence-corrected chi connectivity index (χ4v) is 2.61. The molecule has 4 N–H and O–H groups in total. The van der Waals surface area contributed by atoms with Gasteiger partial charge in [0.15, 0.2) is 0 Å². The van der Waals surface area contributed by atoms with Crippen molar-refractivity contribution < 1.29 is 14.3 Å². The van der Waals surface area contributed by atoms with Crippen LogP contribution in [0.15, 0.2) is 48.5 Å². The van der Waals surface area contributed by atoms with E-state index in [1.165, 1.54) is 0 Å². The minimum atomic E-state index is -0.976. The van der Waals surface area contributed by atoms with Crippen molar-refractivity contribution in [2.45, 2.75) is 19.4 Å². The van der Waals surface area contributed by atoms with Gasteiger partial charge in [0.1, 0.15) is 11.2 Å². The van der Waals surface area contributed by atoms with Crippen LogP contribution in [-0.4, -0.2) is 18.9 Å². The average Bonchev–Trinajstić information content (AvgIpc) is 3.44. The van der Waals surface area contributed by atoms with Gasteiger partial charge in [0, 0.05) is 17.9 Å². The predicted octanol–water partition coefficient (Wildman–Crippen LogP) is 2.32. The molecule has 1 fully saturated rings. The fourth-order valence-electron chi connectivity index (χ4n) is 2.61. The summed E-state index contributed by atoms with van der Waals surface area (Å²) in [6, 6.07) is 15.4. The van der Waals surface area contributed by atoms with Gasteiger partial charge in [-0.3, -0.25) is 9.59 Å². The number of nitrogens with one attached hydrogen (secondary N) is 2. The summed E-state index contributed by atoms with van der Waals surface area (Å²) < 4.78 is 5.13. The first-order chi connectivity index (χ1) is 12.0. The van der Waals surface area contributed by atoms with Crippen molar-refractivity contribution >= 4 is 23.2 Å². The van der Waals surface area contributed by atoms with E-state index in [1.54, 1.807) is 7.11 Å². The third kappa shape index (κ3) is 3.74. The molecule has 6 heteroatoms. The van der Waals surface area contributed by atoms with E-state index in [2.05, 4.69) is 10.6 Å². The second-order valence-electron chi connectivity index (χ2n) is 6.18. The molecule has 3 rings (SSSR count). The number of ether oxygens (including phenoxy) is 1. The van der Waals surface area contributed by atoms with Crippen molar-refractivity contribution in [2.75, 3.05) is 12.4 Å². The molecule has 0 spiro atoms. The highest BCUT2D eigenvalue weighted by Crippen LogP contribution is 2.45. The van der Waals surface area contributed by atoms with E-state index in [-0.39, 0.29) is 5.91 Å². The minimum Gasteiger partial charge on any atom is -0.497 e. The lowest BCUT2D eigenvalue weighted by Gasteiger charge is -2.12. The number of amides is 2. The lowest BCUT2D eigenvalue weighted by molar-refractivity contribution is -0.135. The Morgan fingerprint density at radius 1 is 1.04 bits per heavy atom. The molecule has 0 bridgehead atoms. The van der Waals surface area contributed by atoms with Gasteiger partial charge >= 0.3 is 0 Å². The van der Waals surface area contributed by atoms with E-state index in [4.69, 9.17) is 10.5 Å². The first-order valence-electron chi connectivity index (χ1n) is 8.12. The molecule has 2 amide bonds. The molecule has 2 aromatic carbocycles. The molecule has 0 unspecified atom stereocenters. The van der Waals surface area contributed by atoms with Gasteiger partial charge in [-0.2, -0.15) is 0 Å². The fraction of sp³-hybridized carbons (Fsp3) is 0.263. The Bertz CT molecular complexity index is 766. The Hall–Kier alpha value is -3.02. The van der Waals surface area contributed by atoms with Crippen LogP contribution in [0.1, 0.15) is 18.4 Å². The third-order valence-corrected chi connectivity index (χ3v) is 4.44. The standard InChI is InChI=1S/C19H21N3O3/c1-25-16-8-6-15(7-9-16)22-14-4-2-13(3-5-14)12-21-18(24)19(10-11-19)17(20)23/h2-9,22H,10-12H2,1H3,(H2,20,23)(H,21,24). The van der Waals surface area contributed by atoms with Crippen molar-refractivity contribution in [1.29, 1.82) is 0 Å². The topological polar surface area (TPSA) is 93.4 Å². The molecule has 1 saturated carbocycles. The Labute approximate surface area is 146 Å². The van der Waals surface area contributed by atoms with Crippen molar-refractivity contribution in [3.8, 4) is 5.75 Å². The zero-order valence-electron chi connectivity index (χ0n) is 14.0. The van der Waals surface area contributed by atoms with E-state index in [0.717, 1.165) is 22.7 Å². The zero-order chi connectivity index (χ0) is 17.9. The molecular weight excluding hydrogens is 318 g/mol. The Morgan fingerprint density at radius 2 is 1.60 bits per heavy atom. The van der Waals surface area contributed by atoms with Crippen LogP contribution in [0.2, 0.25) is 0 Å². The number of methoxy groups -OCH3 is 1. The SMILES string of the molecule is COc1ccc(Nc2ccc(CNC(=O)C3(C(N)=O)CC3)cc2)cc1. The molecule has 25 heavy (non-hydrogen) atoms. The average molecular weight is 339 g/mol. The van der Waals surface area contributed by atoms with Gasteiger partial charge in [0.25, 0.3) is 0 Å². The highest BCUT2D eigenvalue weighted by atomic mass is 16.5. The van der Waals surface area contributed by atoms with Crippen LogP contribution in [0.4, 0.5) is 11.4 Å². The summed E-state index contributed by atoms with van der Waals surface area (Å²) in [6.07, 6.45) is 1.08. The summed E-state index contributed by atoms with van der Waals surface area (Å²) in [6.45, 7) is 0.372. The molecule has 1 aliphatic carbocycles. The molecule has 0 atom stereocenters. The van der Waals surface area contributed by atoms with Crippen LogP contribution in [0.25, 0.3) is 0 Å². The highest BCUT2D eigenvalue weighted by Gasteiger charge is 2.55. The van der Waals surface area contributed by atoms with Crippen LogP contribution < -0.4 is 21.1 Å². The number of primary amides is 1. The van der Waals surface area contributed by atoms with E-state index >= 15 is 0 Å². The first-order valence-corrected chi connectivity index (χ1v) is 8.12. The molecule has 130 valence electrons. The van der Waals surface area contributed by atoms with Crippen LogP contribution >= 0.6 is 0 Å². The van der Waals surface area contributed by atoms with Gasteiger partial charge in [0.2, 0.25) is 11.8 Å². The van der Waals surface area contributed by atoms with Gasteiger partial charge < -0.3 is 21.1 Å². The lowest BCUT2D eigenvalue weighted by Crippen LogP contribution is -2.40. The lowest BCUT2D eigenvalue weighted by atomic mass is 10.1. The normalized spacial score (nSPS) is 14.4. The van der Waals surface area contributed by atoms with E-state index in [0.29, 0.717) is 19.4 Å². The molecule has 6 nitrogen and oxygen atoms in total. The van der Waals surface area contributed by atoms with Crippen LogP contribution in [0.3, 0.4) is 0 Å². The largest absolute Gasteiger partial charge is 0.497 e. The zero-order valence-corrected chi connectivity index (χ0v) is 14.0. The number of rotatable bonds is 7. The summed E-state index contributed by atoms with van der Waals surface area (Å²) in [5, 5.41) is 6.08. The van der Waals surface area contributed by atoms with Crippen molar-refractivity contribution in [3.63, 3.8) is 0 Å². The minimum absolute atomic E-state index is 0.277. The summed E-state index contributed by atoms with van der Waals surface area (Å²) in [4.78, 5) is 23.4. The van der Waals surface area contributed by atoms with Gasteiger partial charge in [-0.1, -0.05) is 12.1 Å². The smallest absolute Gasteiger partial charge is 0.235 e. The number of anilines is 2. The molecule has 1 aliphatic rings. The molecule has 0 aliphatic heterocycles. The van der Waals surface area contributed by atoms with E-state index < -0.39 is 11.3 Å². The summed E-state index contributed by atoms with van der Waals surface area (Å²) in [5.41, 5.74) is 7.17. The number of hydrogen-bond donors (Lipinski definition) is 3. The second kappa shape index (κ2) is 6.84.